The Balaban J connectivity index is 1.96. The molecule has 2 fully saturated rings. The predicted octanol–water partition coefficient (Wildman–Crippen LogP) is 1.91. The van der Waals surface area contributed by atoms with Crippen LogP contribution in [0.4, 0.5) is 0 Å². The first-order valence-corrected chi connectivity index (χ1v) is 10.4. The van der Waals surface area contributed by atoms with Crippen molar-refractivity contribution >= 4 is 9.84 Å². The second-order valence-corrected chi connectivity index (χ2v) is 10.0. The fraction of sp³-hybridized carbons (Fsp3) is 1.00. The fourth-order valence-electron chi connectivity index (χ4n) is 3.70. The molecular weight excluding hydrogens is 284 g/mol. The van der Waals surface area contributed by atoms with Crippen molar-refractivity contribution in [2.45, 2.75) is 58.0 Å². The van der Waals surface area contributed by atoms with E-state index in [2.05, 4.69) is 31.0 Å². The molecule has 1 saturated heterocycles. The third kappa shape index (κ3) is 4.93. The van der Waals surface area contributed by atoms with Crippen LogP contribution in [0.3, 0.4) is 0 Å². The molecule has 1 aliphatic carbocycles. The molecule has 0 spiro atoms. The molecule has 2 atom stereocenters. The van der Waals surface area contributed by atoms with Gasteiger partial charge in [0, 0.05) is 30.9 Å². The molecule has 4 nitrogen and oxygen atoms in total. The lowest BCUT2D eigenvalue weighted by molar-refractivity contribution is 0.0311. The van der Waals surface area contributed by atoms with Crippen molar-refractivity contribution in [2.75, 3.05) is 31.6 Å². The number of nitrogens with one attached hydrogen (secondary N) is 1. The van der Waals surface area contributed by atoms with Crippen molar-refractivity contribution in [1.29, 1.82) is 0 Å². The maximum atomic E-state index is 11.4. The van der Waals surface area contributed by atoms with Crippen LogP contribution in [0.15, 0.2) is 0 Å². The summed E-state index contributed by atoms with van der Waals surface area (Å²) >= 11 is 0. The van der Waals surface area contributed by atoms with Gasteiger partial charge in [0.05, 0.1) is 5.75 Å². The van der Waals surface area contributed by atoms with Gasteiger partial charge in [0.15, 0.2) is 0 Å². The largest absolute Gasteiger partial charge is 0.311 e. The standard InChI is InChI=1S/C16H32N2O2S/c1-13(2)10-15-11-18(8-5-9-21(4,19)20)16(3,12-17-15)14-6-7-14/h13-15,17H,5-12H2,1-4H3. The molecule has 0 aromatic rings. The van der Waals surface area contributed by atoms with E-state index in [1.54, 1.807) is 0 Å². The number of hydrogen-bond donors (Lipinski definition) is 1. The highest BCUT2D eigenvalue weighted by atomic mass is 32.2. The Hall–Kier alpha value is -0.130. The Morgan fingerprint density at radius 2 is 2.00 bits per heavy atom. The summed E-state index contributed by atoms with van der Waals surface area (Å²) in [6.45, 7) is 9.93. The van der Waals surface area contributed by atoms with Crippen LogP contribution >= 0.6 is 0 Å². The summed E-state index contributed by atoms with van der Waals surface area (Å²) in [5.74, 6) is 1.81. The van der Waals surface area contributed by atoms with E-state index in [9.17, 15) is 8.42 Å². The topological polar surface area (TPSA) is 49.4 Å². The zero-order valence-corrected chi connectivity index (χ0v) is 14.9. The molecule has 0 amide bonds. The first-order chi connectivity index (χ1) is 9.71. The van der Waals surface area contributed by atoms with Gasteiger partial charge in [-0.3, -0.25) is 4.90 Å². The van der Waals surface area contributed by atoms with Crippen molar-refractivity contribution in [1.82, 2.24) is 10.2 Å². The van der Waals surface area contributed by atoms with Crippen LogP contribution in [0.25, 0.3) is 0 Å². The van der Waals surface area contributed by atoms with E-state index in [0.717, 1.165) is 32.0 Å². The molecule has 21 heavy (non-hydrogen) atoms. The predicted molar refractivity (Wildman–Crippen MR) is 88.3 cm³/mol. The molecule has 0 bridgehead atoms. The van der Waals surface area contributed by atoms with Gasteiger partial charge >= 0.3 is 0 Å². The average Bonchev–Trinajstić information content (AvgIpc) is 3.15. The summed E-state index contributed by atoms with van der Waals surface area (Å²) in [6.07, 6.45) is 5.95. The number of sulfone groups is 1. The van der Waals surface area contributed by atoms with Crippen molar-refractivity contribution in [2.24, 2.45) is 11.8 Å². The van der Waals surface area contributed by atoms with E-state index >= 15 is 0 Å². The minimum absolute atomic E-state index is 0.227. The molecule has 2 rings (SSSR count). The summed E-state index contributed by atoms with van der Waals surface area (Å²) in [5, 5.41) is 3.74. The van der Waals surface area contributed by atoms with Crippen molar-refractivity contribution in [3.8, 4) is 0 Å². The van der Waals surface area contributed by atoms with Gasteiger partial charge in [-0.2, -0.15) is 0 Å². The molecule has 0 radical (unpaired) electrons. The molecule has 5 heteroatoms. The summed E-state index contributed by atoms with van der Waals surface area (Å²) < 4.78 is 22.7. The van der Waals surface area contributed by atoms with Crippen molar-refractivity contribution < 1.29 is 8.42 Å². The van der Waals surface area contributed by atoms with Gasteiger partial charge in [0.1, 0.15) is 9.84 Å². The number of piperazine rings is 1. The second kappa shape index (κ2) is 6.55. The summed E-state index contributed by atoms with van der Waals surface area (Å²) in [6, 6.07) is 0.551. The Morgan fingerprint density at radius 3 is 2.52 bits per heavy atom. The van der Waals surface area contributed by atoms with Crippen LogP contribution in [-0.2, 0) is 9.84 Å². The monoisotopic (exact) mass is 316 g/mol. The molecular formula is C16H32N2O2S. The van der Waals surface area contributed by atoms with Crippen LogP contribution in [0.1, 0.15) is 46.5 Å². The van der Waals surface area contributed by atoms with Gasteiger partial charge in [-0.1, -0.05) is 13.8 Å². The molecule has 1 heterocycles. The average molecular weight is 317 g/mol. The highest BCUT2D eigenvalue weighted by Crippen LogP contribution is 2.44. The lowest BCUT2D eigenvalue weighted by Gasteiger charge is -2.49. The maximum Gasteiger partial charge on any atom is 0.147 e. The molecule has 2 aliphatic rings. The minimum Gasteiger partial charge on any atom is -0.311 e. The molecule has 1 N–H and O–H groups in total. The van der Waals surface area contributed by atoms with E-state index in [4.69, 9.17) is 0 Å². The highest BCUT2D eigenvalue weighted by Gasteiger charge is 2.47. The van der Waals surface area contributed by atoms with E-state index < -0.39 is 9.84 Å². The lowest BCUT2D eigenvalue weighted by Crippen LogP contribution is -2.64. The zero-order chi connectivity index (χ0) is 15.7. The van der Waals surface area contributed by atoms with Crippen molar-refractivity contribution in [3.05, 3.63) is 0 Å². The van der Waals surface area contributed by atoms with E-state index in [0.29, 0.717) is 17.7 Å². The van der Waals surface area contributed by atoms with Gasteiger partial charge < -0.3 is 5.32 Å². The van der Waals surface area contributed by atoms with E-state index in [1.807, 2.05) is 0 Å². The van der Waals surface area contributed by atoms with Crippen LogP contribution < -0.4 is 5.32 Å². The van der Waals surface area contributed by atoms with E-state index in [1.165, 1.54) is 25.5 Å². The summed E-state index contributed by atoms with van der Waals surface area (Å²) in [5.41, 5.74) is 0.227. The maximum absolute atomic E-state index is 11.4. The normalized spacial score (nSPS) is 31.8. The summed E-state index contributed by atoms with van der Waals surface area (Å²) in [4.78, 5) is 2.58. The number of rotatable bonds is 7. The second-order valence-electron chi connectivity index (χ2n) is 7.77. The van der Waals surface area contributed by atoms with Gasteiger partial charge in [-0.25, -0.2) is 8.42 Å². The Bertz CT molecular complexity index is 445. The zero-order valence-electron chi connectivity index (χ0n) is 14.1. The third-order valence-electron chi connectivity index (χ3n) is 5.07. The van der Waals surface area contributed by atoms with Crippen LogP contribution in [0.2, 0.25) is 0 Å². The van der Waals surface area contributed by atoms with Crippen LogP contribution in [0, 0.1) is 11.8 Å². The number of hydrogen-bond acceptors (Lipinski definition) is 4. The molecule has 124 valence electrons. The lowest BCUT2D eigenvalue weighted by atomic mass is 9.87. The SMILES string of the molecule is CC(C)CC1CN(CCCS(C)(=O)=O)C(C)(C2CC2)CN1. The Morgan fingerprint density at radius 1 is 1.33 bits per heavy atom. The van der Waals surface area contributed by atoms with Crippen molar-refractivity contribution in [3.63, 3.8) is 0 Å². The summed E-state index contributed by atoms with van der Waals surface area (Å²) in [7, 11) is -2.84. The fourth-order valence-corrected chi connectivity index (χ4v) is 4.35. The highest BCUT2D eigenvalue weighted by molar-refractivity contribution is 7.90. The molecule has 0 aromatic carbocycles. The Kier molecular flexibility index (Phi) is 5.37. The number of nitrogens with zero attached hydrogens (tertiary/aromatic N) is 1. The van der Waals surface area contributed by atoms with Crippen LogP contribution in [0.5, 0.6) is 0 Å². The first-order valence-electron chi connectivity index (χ1n) is 8.37. The first kappa shape index (κ1) is 17.2. The molecule has 0 aromatic heterocycles. The van der Waals surface area contributed by atoms with Crippen LogP contribution in [-0.4, -0.2) is 56.5 Å². The smallest absolute Gasteiger partial charge is 0.147 e. The van der Waals surface area contributed by atoms with Gasteiger partial charge in [-0.05, 0) is 51.0 Å². The molecule has 1 aliphatic heterocycles. The van der Waals surface area contributed by atoms with Gasteiger partial charge in [-0.15, -0.1) is 0 Å². The molecule has 1 saturated carbocycles. The Labute approximate surface area is 130 Å². The van der Waals surface area contributed by atoms with Gasteiger partial charge in [0.2, 0.25) is 0 Å². The third-order valence-corrected chi connectivity index (χ3v) is 6.10. The molecule has 2 unspecified atom stereocenters. The minimum atomic E-state index is -2.84. The quantitative estimate of drug-likeness (QED) is 0.779. The van der Waals surface area contributed by atoms with Gasteiger partial charge in [0.25, 0.3) is 0 Å². The van der Waals surface area contributed by atoms with E-state index in [-0.39, 0.29) is 5.54 Å².